The molecule has 0 bridgehead atoms. The smallest absolute Gasteiger partial charge is 0.273 e. The molecule has 28 heavy (non-hydrogen) atoms. The van der Waals surface area contributed by atoms with Gasteiger partial charge in [0.25, 0.3) is 15.9 Å². The molecule has 0 saturated heterocycles. The number of rotatable bonds is 6. The molecule has 1 aromatic heterocycles. The second-order valence-electron chi connectivity index (χ2n) is 6.56. The lowest BCUT2D eigenvalue weighted by atomic mass is 10.1. The Bertz CT molecular complexity index is 1040. The fourth-order valence-corrected chi connectivity index (χ4v) is 5.08. The fourth-order valence-electron chi connectivity index (χ4n) is 2.73. The number of amides is 1. The lowest BCUT2D eigenvalue weighted by Crippen LogP contribution is -2.27. The van der Waals surface area contributed by atoms with E-state index < -0.39 is 10.0 Å². The van der Waals surface area contributed by atoms with Crippen LogP contribution in [0.2, 0.25) is 0 Å². The highest BCUT2D eigenvalue weighted by Crippen LogP contribution is 2.25. The predicted octanol–water partition coefficient (Wildman–Crippen LogP) is 4.37. The molecule has 7 heteroatoms. The monoisotopic (exact) mass is 414 g/mol. The molecular weight excluding hydrogens is 392 g/mol. The molecule has 1 heterocycles. The molecule has 0 aliphatic heterocycles. The molecule has 0 fully saturated rings. The average Bonchev–Trinajstić information content (AvgIpc) is 3.23. The van der Waals surface area contributed by atoms with Gasteiger partial charge in [0.2, 0.25) is 0 Å². The first-order valence-electron chi connectivity index (χ1n) is 8.79. The quantitative estimate of drug-likeness (QED) is 0.651. The van der Waals surface area contributed by atoms with Gasteiger partial charge >= 0.3 is 0 Å². The first-order chi connectivity index (χ1) is 13.3. The van der Waals surface area contributed by atoms with Gasteiger partial charge in [-0.05, 0) is 55.1 Å². The lowest BCUT2D eigenvalue weighted by molar-refractivity contribution is 0.0940. The molecule has 3 rings (SSSR count). The Labute approximate surface area is 169 Å². The third kappa shape index (κ3) is 4.26. The maximum atomic E-state index is 12.6. The second-order valence-corrected chi connectivity index (χ2v) is 9.70. The van der Waals surface area contributed by atoms with Crippen LogP contribution in [0.1, 0.15) is 34.5 Å². The summed E-state index contributed by atoms with van der Waals surface area (Å²) >= 11 is 1.17. The molecule has 1 amide bonds. The summed E-state index contributed by atoms with van der Waals surface area (Å²) in [6.45, 7) is 3.95. The molecule has 0 unspecified atom stereocenters. The fraction of sp³-hybridized carbons (Fsp3) is 0.190. The largest absolute Gasteiger partial charge is 0.346 e. The van der Waals surface area contributed by atoms with E-state index in [2.05, 4.69) is 5.32 Å². The molecule has 0 spiro atoms. The summed E-state index contributed by atoms with van der Waals surface area (Å²) in [7, 11) is -2.09. The number of hydrogen-bond acceptors (Lipinski definition) is 4. The topological polar surface area (TPSA) is 66.5 Å². The van der Waals surface area contributed by atoms with Crippen LogP contribution in [-0.4, -0.2) is 21.4 Å². The highest BCUT2D eigenvalue weighted by molar-refractivity contribution is 7.94. The molecule has 5 nitrogen and oxygen atoms in total. The molecule has 0 radical (unpaired) electrons. The van der Waals surface area contributed by atoms with E-state index >= 15 is 0 Å². The van der Waals surface area contributed by atoms with E-state index in [1.807, 2.05) is 38.1 Å². The zero-order valence-electron chi connectivity index (χ0n) is 15.9. The van der Waals surface area contributed by atoms with Crippen LogP contribution < -0.4 is 9.62 Å². The van der Waals surface area contributed by atoms with E-state index in [0.29, 0.717) is 11.3 Å². The molecular formula is C21H22N2O3S2. The Morgan fingerprint density at radius 3 is 2.25 bits per heavy atom. The van der Waals surface area contributed by atoms with Crippen LogP contribution in [-0.2, 0) is 10.0 Å². The van der Waals surface area contributed by atoms with Crippen molar-refractivity contribution in [2.45, 2.75) is 24.1 Å². The van der Waals surface area contributed by atoms with Crippen molar-refractivity contribution in [3.8, 4) is 0 Å². The van der Waals surface area contributed by atoms with E-state index in [1.54, 1.807) is 41.8 Å². The average molecular weight is 415 g/mol. The summed E-state index contributed by atoms with van der Waals surface area (Å²) < 4.78 is 26.7. The van der Waals surface area contributed by atoms with E-state index in [1.165, 1.54) is 28.3 Å². The van der Waals surface area contributed by atoms with Gasteiger partial charge in [-0.15, -0.1) is 11.3 Å². The SMILES string of the molecule is Cc1ccc([C@@H](C)NC(=O)c2ccc(N(C)S(=O)(=O)c3cccs3)cc2)cc1. The summed E-state index contributed by atoms with van der Waals surface area (Å²) in [6.07, 6.45) is 0. The Morgan fingerprint density at radius 1 is 1.04 bits per heavy atom. The summed E-state index contributed by atoms with van der Waals surface area (Å²) in [5, 5.41) is 4.69. The summed E-state index contributed by atoms with van der Waals surface area (Å²) in [5.41, 5.74) is 3.16. The van der Waals surface area contributed by atoms with Crippen molar-refractivity contribution < 1.29 is 13.2 Å². The van der Waals surface area contributed by atoms with Crippen molar-refractivity contribution in [3.63, 3.8) is 0 Å². The standard InChI is InChI=1S/C21H22N2O3S2/c1-15-6-8-17(9-7-15)16(2)22-21(24)18-10-12-19(13-11-18)23(3)28(25,26)20-5-4-14-27-20/h4-14,16H,1-3H3,(H,22,24)/t16-/m1/s1. The Morgan fingerprint density at radius 2 is 1.68 bits per heavy atom. The molecule has 146 valence electrons. The number of carbonyl (C=O) groups is 1. The van der Waals surface area contributed by atoms with Crippen molar-refractivity contribution >= 4 is 33.0 Å². The Hall–Kier alpha value is -2.64. The minimum atomic E-state index is -3.59. The molecule has 3 aromatic rings. The van der Waals surface area contributed by atoms with Gasteiger partial charge in [-0.3, -0.25) is 9.10 Å². The molecule has 2 aromatic carbocycles. The number of anilines is 1. The Balaban J connectivity index is 1.71. The number of carbonyl (C=O) groups excluding carboxylic acids is 1. The van der Waals surface area contributed by atoms with E-state index in [-0.39, 0.29) is 16.2 Å². The number of nitrogens with one attached hydrogen (secondary N) is 1. The van der Waals surface area contributed by atoms with Gasteiger partial charge in [0.1, 0.15) is 4.21 Å². The van der Waals surface area contributed by atoms with Crippen LogP contribution in [0.3, 0.4) is 0 Å². The maximum Gasteiger partial charge on any atom is 0.273 e. The van der Waals surface area contributed by atoms with Gasteiger partial charge in [0.05, 0.1) is 11.7 Å². The summed E-state index contributed by atoms with van der Waals surface area (Å²) in [5.74, 6) is -0.205. The third-order valence-electron chi connectivity index (χ3n) is 4.53. The number of nitrogens with zero attached hydrogens (tertiary/aromatic N) is 1. The van der Waals surface area contributed by atoms with Crippen molar-refractivity contribution in [2.75, 3.05) is 11.4 Å². The molecule has 0 saturated carbocycles. The van der Waals surface area contributed by atoms with Gasteiger partial charge in [-0.2, -0.15) is 0 Å². The van der Waals surface area contributed by atoms with Gasteiger partial charge in [-0.25, -0.2) is 8.42 Å². The van der Waals surface area contributed by atoms with Gasteiger partial charge in [-0.1, -0.05) is 35.9 Å². The minimum absolute atomic E-state index is 0.130. The van der Waals surface area contributed by atoms with E-state index in [9.17, 15) is 13.2 Å². The van der Waals surface area contributed by atoms with Crippen LogP contribution in [0.4, 0.5) is 5.69 Å². The van der Waals surface area contributed by atoms with Crippen LogP contribution in [0.25, 0.3) is 0 Å². The number of thiophene rings is 1. The summed E-state index contributed by atoms with van der Waals surface area (Å²) in [6, 6.07) is 17.7. The predicted molar refractivity (Wildman–Crippen MR) is 113 cm³/mol. The highest BCUT2D eigenvalue weighted by Gasteiger charge is 2.22. The number of hydrogen-bond donors (Lipinski definition) is 1. The normalized spacial score (nSPS) is 12.4. The lowest BCUT2D eigenvalue weighted by Gasteiger charge is -2.19. The molecule has 0 aliphatic rings. The first kappa shape index (κ1) is 20.1. The summed E-state index contributed by atoms with van der Waals surface area (Å²) in [4.78, 5) is 12.5. The minimum Gasteiger partial charge on any atom is -0.346 e. The highest BCUT2D eigenvalue weighted by atomic mass is 32.2. The van der Waals surface area contributed by atoms with Crippen molar-refractivity contribution in [3.05, 3.63) is 82.7 Å². The first-order valence-corrected chi connectivity index (χ1v) is 11.1. The number of sulfonamides is 1. The van der Waals surface area contributed by atoms with E-state index in [0.717, 1.165) is 5.56 Å². The third-order valence-corrected chi connectivity index (χ3v) is 7.69. The van der Waals surface area contributed by atoms with E-state index in [4.69, 9.17) is 0 Å². The van der Waals surface area contributed by atoms with Crippen LogP contribution in [0, 0.1) is 6.92 Å². The zero-order valence-corrected chi connectivity index (χ0v) is 17.5. The zero-order chi connectivity index (χ0) is 20.3. The molecule has 1 N–H and O–H groups in total. The van der Waals surface area contributed by atoms with Crippen molar-refractivity contribution in [2.24, 2.45) is 0 Å². The Kier molecular flexibility index (Phi) is 5.86. The van der Waals surface area contributed by atoms with Crippen LogP contribution in [0.15, 0.2) is 70.3 Å². The maximum absolute atomic E-state index is 12.6. The molecule has 0 aliphatic carbocycles. The van der Waals surface area contributed by atoms with Crippen molar-refractivity contribution in [1.29, 1.82) is 0 Å². The van der Waals surface area contributed by atoms with Crippen LogP contribution >= 0.6 is 11.3 Å². The molecule has 1 atom stereocenters. The van der Waals surface area contributed by atoms with Crippen molar-refractivity contribution in [1.82, 2.24) is 5.32 Å². The second kappa shape index (κ2) is 8.16. The number of benzene rings is 2. The van der Waals surface area contributed by atoms with Crippen LogP contribution in [0.5, 0.6) is 0 Å². The van der Waals surface area contributed by atoms with Gasteiger partial charge < -0.3 is 5.32 Å². The number of aryl methyl sites for hydroxylation is 1. The van der Waals surface area contributed by atoms with Gasteiger partial charge in [0.15, 0.2) is 0 Å². The van der Waals surface area contributed by atoms with Gasteiger partial charge in [0, 0.05) is 12.6 Å².